The minimum Gasteiger partial charge on any atom is -0.493 e. The third kappa shape index (κ3) is 4.21. The van der Waals surface area contributed by atoms with E-state index >= 15 is 0 Å². The lowest BCUT2D eigenvalue weighted by atomic mass is 9.79. The molecule has 1 fully saturated rings. The van der Waals surface area contributed by atoms with Crippen molar-refractivity contribution in [2.45, 2.75) is 58.0 Å². The molecule has 2 aromatic carbocycles. The summed E-state index contributed by atoms with van der Waals surface area (Å²) in [5.74, 6) is 2.33. The van der Waals surface area contributed by atoms with Crippen LogP contribution in [0.15, 0.2) is 36.4 Å². The molecule has 0 aliphatic carbocycles. The van der Waals surface area contributed by atoms with E-state index in [1.807, 2.05) is 0 Å². The summed E-state index contributed by atoms with van der Waals surface area (Å²) in [7, 11) is 1.74. The van der Waals surface area contributed by atoms with E-state index in [0.717, 1.165) is 50.7 Å². The number of hydrogen-bond donors (Lipinski definition) is 1. The second-order valence-electron chi connectivity index (χ2n) is 9.68. The van der Waals surface area contributed by atoms with E-state index in [1.165, 1.54) is 22.3 Å². The summed E-state index contributed by atoms with van der Waals surface area (Å²) in [6, 6.07) is 13.8. The van der Waals surface area contributed by atoms with Crippen LogP contribution in [-0.4, -0.2) is 38.3 Å². The molecule has 0 amide bonds. The van der Waals surface area contributed by atoms with Crippen molar-refractivity contribution in [3.05, 3.63) is 58.7 Å². The molecule has 2 aliphatic heterocycles. The second-order valence-corrected chi connectivity index (χ2v) is 9.68. The number of fused-ring (bicyclic) bond motifs is 1. The zero-order valence-electron chi connectivity index (χ0n) is 19.1. The molecule has 0 radical (unpaired) electrons. The first-order valence-corrected chi connectivity index (χ1v) is 11.3. The molecule has 2 heterocycles. The maximum absolute atomic E-state index is 5.99. The van der Waals surface area contributed by atoms with E-state index < -0.39 is 0 Å². The summed E-state index contributed by atoms with van der Waals surface area (Å²) in [5.41, 5.74) is 5.59. The van der Waals surface area contributed by atoms with Gasteiger partial charge >= 0.3 is 0 Å². The van der Waals surface area contributed by atoms with Crippen LogP contribution < -0.4 is 14.8 Å². The molecule has 2 aromatic rings. The molecule has 2 aliphatic rings. The highest BCUT2D eigenvalue weighted by Crippen LogP contribution is 2.44. The lowest BCUT2D eigenvalue weighted by Crippen LogP contribution is -2.45. The van der Waals surface area contributed by atoms with Crippen molar-refractivity contribution in [3.63, 3.8) is 0 Å². The minimum atomic E-state index is 0.110. The molecular weight excluding hydrogens is 372 g/mol. The molecule has 30 heavy (non-hydrogen) atoms. The van der Waals surface area contributed by atoms with E-state index in [9.17, 15) is 0 Å². The fourth-order valence-electron chi connectivity index (χ4n) is 4.87. The van der Waals surface area contributed by atoms with Gasteiger partial charge in [0.15, 0.2) is 11.5 Å². The third-order valence-electron chi connectivity index (χ3n) is 6.70. The lowest BCUT2D eigenvalue weighted by Gasteiger charge is -2.36. The maximum Gasteiger partial charge on any atom is 0.164 e. The van der Waals surface area contributed by atoms with Crippen molar-refractivity contribution < 1.29 is 9.47 Å². The molecule has 4 heteroatoms. The number of piperazine rings is 1. The molecule has 0 saturated carbocycles. The van der Waals surface area contributed by atoms with E-state index in [4.69, 9.17) is 9.47 Å². The van der Waals surface area contributed by atoms with Gasteiger partial charge in [-0.25, -0.2) is 0 Å². The normalized spacial score (nSPS) is 21.2. The van der Waals surface area contributed by atoms with Crippen molar-refractivity contribution in [1.82, 2.24) is 10.2 Å². The summed E-state index contributed by atoms with van der Waals surface area (Å²) < 4.78 is 11.7. The molecular formula is C26H36N2O2. The van der Waals surface area contributed by atoms with Crippen LogP contribution in [0.3, 0.4) is 0 Å². The molecule has 1 N–H and O–H groups in total. The molecule has 4 nitrogen and oxygen atoms in total. The van der Waals surface area contributed by atoms with Gasteiger partial charge in [0, 0.05) is 37.8 Å². The molecule has 1 saturated heterocycles. The number of nitrogens with one attached hydrogen (secondary N) is 1. The fourth-order valence-corrected chi connectivity index (χ4v) is 4.87. The van der Waals surface area contributed by atoms with E-state index in [-0.39, 0.29) is 5.41 Å². The highest BCUT2D eigenvalue weighted by molar-refractivity contribution is 5.53. The Bertz CT molecular complexity index is 891. The van der Waals surface area contributed by atoms with Gasteiger partial charge in [-0.05, 0) is 46.6 Å². The van der Waals surface area contributed by atoms with Gasteiger partial charge in [-0.1, -0.05) is 52.0 Å². The zero-order chi connectivity index (χ0) is 21.3. The van der Waals surface area contributed by atoms with Crippen LogP contribution in [0.5, 0.6) is 11.5 Å². The second kappa shape index (κ2) is 8.60. The van der Waals surface area contributed by atoms with Gasteiger partial charge in [0.05, 0.1) is 13.7 Å². The first-order chi connectivity index (χ1) is 14.4. The van der Waals surface area contributed by atoms with Gasteiger partial charge in [-0.3, -0.25) is 4.90 Å². The van der Waals surface area contributed by atoms with Gasteiger partial charge in [0.2, 0.25) is 0 Å². The number of hydrogen-bond acceptors (Lipinski definition) is 4. The van der Waals surface area contributed by atoms with Crippen molar-refractivity contribution in [2.24, 2.45) is 0 Å². The Kier molecular flexibility index (Phi) is 6.08. The predicted molar refractivity (Wildman–Crippen MR) is 123 cm³/mol. The number of rotatable bonds is 5. The minimum absolute atomic E-state index is 0.110. The Balaban J connectivity index is 1.57. The van der Waals surface area contributed by atoms with E-state index in [1.54, 1.807) is 7.11 Å². The standard InChI is InChI=1S/C26H36N2O2/c1-18(2)20-8-6-7-9-21(20)23-17-28(12-11-27-23)16-19-14-22-25(24(15-19)29-5)30-13-10-26(22,3)4/h6-9,14-15,18,23,27H,10-13,16-17H2,1-5H3. The molecule has 4 rings (SSSR count). The first kappa shape index (κ1) is 21.2. The molecule has 0 spiro atoms. The van der Waals surface area contributed by atoms with E-state index in [2.05, 4.69) is 74.3 Å². The van der Waals surface area contributed by atoms with Gasteiger partial charge in [0.25, 0.3) is 0 Å². The Labute approximate surface area is 181 Å². The van der Waals surface area contributed by atoms with Gasteiger partial charge < -0.3 is 14.8 Å². The average molecular weight is 409 g/mol. The average Bonchev–Trinajstić information content (AvgIpc) is 2.73. The van der Waals surface area contributed by atoms with Crippen molar-refractivity contribution >= 4 is 0 Å². The summed E-state index contributed by atoms with van der Waals surface area (Å²) in [6.07, 6.45) is 1.04. The summed E-state index contributed by atoms with van der Waals surface area (Å²) in [4.78, 5) is 2.57. The molecule has 162 valence electrons. The van der Waals surface area contributed by atoms with Crippen LogP contribution in [0.4, 0.5) is 0 Å². The monoisotopic (exact) mass is 408 g/mol. The van der Waals surface area contributed by atoms with Crippen LogP contribution in [0.2, 0.25) is 0 Å². The molecule has 1 unspecified atom stereocenters. The van der Waals surface area contributed by atoms with Crippen molar-refractivity contribution in [1.29, 1.82) is 0 Å². The van der Waals surface area contributed by atoms with Crippen LogP contribution in [0.25, 0.3) is 0 Å². The topological polar surface area (TPSA) is 33.7 Å². The van der Waals surface area contributed by atoms with E-state index in [0.29, 0.717) is 12.0 Å². The fraction of sp³-hybridized carbons (Fsp3) is 0.538. The van der Waals surface area contributed by atoms with Gasteiger partial charge in [0.1, 0.15) is 0 Å². The number of nitrogens with zero attached hydrogens (tertiary/aromatic N) is 1. The Morgan fingerprint density at radius 1 is 1.23 bits per heavy atom. The summed E-state index contributed by atoms with van der Waals surface area (Å²) >= 11 is 0. The van der Waals surface area contributed by atoms with Crippen molar-refractivity contribution in [2.75, 3.05) is 33.4 Å². The Morgan fingerprint density at radius 3 is 2.80 bits per heavy atom. The maximum atomic E-state index is 5.99. The lowest BCUT2D eigenvalue weighted by molar-refractivity contribution is 0.191. The van der Waals surface area contributed by atoms with Crippen LogP contribution in [-0.2, 0) is 12.0 Å². The quantitative estimate of drug-likeness (QED) is 0.753. The number of methoxy groups -OCH3 is 1. The Morgan fingerprint density at radius 2 is 2.03 bits per heavy atom. The Hall–Kier alpha value is -2.04. The molecule has 0 bridgehead atoms. The largest absolute Gasteiger partial charge is 0.493 e. The SMILES string of the molecule is COc1cc(CN2CCNC(c3ccccc3C(C)C)C2)cc2c1OCCC2(C)C. The van der Waals surface area contributed by atoms with Crippen LogP contribution >= 0.6 is 0 Å². The number of benzene rings is 2. The summed E-state index contributed by atoms with van der Waals surface area (Å²) in [5, 5.41) is 3.75. The first-order valence-electron chi connectivity index (χ1n) is 11.3. The highest BCUT2D eigenvalue weighted by atomic mass is 16.5. The van der Waals surface area contributed by atoms with Crippen LogP contribution in [0.1, 0.15) is 68.3 Å². The van der Waals surface area contributed by atoms with Gasteiger partial charge in [-0.15, -0.1) is 0 Å². The van der Waals surface area contributed by atoms with Crippen molar-refractivity contribution in [3.8, 4) is 11.5 Å². The molecule has 0 aromatic heterocycles. The molecule has 1 atom stereocenters. The number of ether oxygens (including phenoxy) is 2. The third-order valence-corrected chi connectivity index (χ3v) is 6.70. The highest BCUT2D eigenvalue weighted by Gasteiger charge is 2.32. The smallest absolute Gasteiger partial charge is 0.164 e. The van der Waals surface area contributed by atoms with Crippen LogP contribution in [0, 0.1) is 0 Å². The van der Waals surface area contributed by atoms with Gasteiger partial charge in [-0.2, -0.15) is 0 Å². The zero-order valence-corrected chi connectivity index (χ0v) is 19.1. The predicted octanol–water partition coefficient (Wildman–Crippen LogP) is 5.03. The summed E-state index contributed by atoms with van der Waals surface area (Å²) in [6.45, 7) is 13.9.